The van der Waals surface area contributed by atoms with Gasteiger partial charge in [0, 0.05) is 19.3 Å². The normalized spacial score (nSPS) is 11.0. The molecule has 0 saturated carbocycles. The third kappa shape index (κ3) is 12.2. The molecule has 3 heteroatoms. The molecule has 150 valence electrons. The molecule has 0 aromatic carbocycles. The van der Waals surface area contributed by atoms with Crippen LogP contribution in [0, 0.1) is 0 Å². The number of carbonyl (C=O) groups excluding carboxylic acids is 1. The fourth-order valence-corrected chi connectivity index (χ4v) is 3.28. The number of hydrogen-bond acceptors (Lipinski definition) is 3. The van der Waals surface area contributed by atoms with Crippen LogP contribution < -0.4 is 0 Å². The Balaban J connectivity index is 1.90. The second-order valence-electron chi connectivity index (χ2n) is 7.31. The maximum atomic E-state index is 11.2. The van der Waals surface area contributed by atoms with Crippen LogP contribution in [0.2, 0.25) is 0 Å². The zero-order chi connectivity index (χ0) is 18.9. The zero-order valence-electron chi connectivity index (χ0n) is 17.2. The van der Waals surface area contributed by atoms with E-state index in [4.69, 9.17) is 9.15 Å². The SMILES string of the molecule is CCCCCCc1ccc(CCCCCCCCCCC(=O)OCC)o1. The van der Waals surface area contributed by atoms with Gasteiger partial charge >= 0.3 is 5.97 Å². The van der Waals surface area contributed by atoms with Gasteiger partial charge in [-0.05, 0) is 38.3 Å². The highest BCUT2D eigenvalue weighted by Gasteiger charge is 2.03. The average Bonchev–Trinajstić information content (AvgIpc) is 3.08. The Morgan fingerprint density at radius 3 is 1.81 bits per heavy atom. The molecule has 0 fully saturated rings. The summed E-state index contributed by atoms with van der Waals surface area (Å²) in [7, 11) is 0. The largest absolute Gasteiger partial charge is 0.466 e. The van der Waals surface area contributed by atoms with E-state index in [2.05, 4.69) is 19.1 Å². The van der Waals surface area contributed by atoms with Crippen LogP contribution in [0.25, 0.3) is 0 Å². The van der Waals surface area contributed by atoms with Crippen molar-refractivity contribution in [1.29, 1.82) is 0 Å². The van der Waals surface area contributed by atoms with Gasteiger partial charge in [-0.1, -0.05) is 64.7 Å². The van der Waals surface area contributed by atoms with Gasteiger partial charge in [0.25, 0.3) is 0 Å². The minimum Gasteiger partial charge on any atom is -0.466 e. The van der Waals surface area contributed by atoms with Gasteiger partial charge in [0.2, 0.25) is 0 Å². The highest BCUT2D eigenvalue weighted by atomic mass is 16.5. The number of furan rings is 1. The van der Waals surface area contributed by atoms with E-state index < -0.39 is 0 Å². The molecule has 0 amide bonds. The predicted octanol–water partition coefficient (Wildman–Crippen LogP) is 7.02. The Morgan fingerprint density at radius 1 is 0.769 bits per heavy atom. The van der Waals surface area contributed by atoms with Crippen LogP contribution in [0.15, 0.2) is 16.5 Å². The molecule has 0 radical (unpaired) electrons. The monoisotopic (exact) mass is 364 g/mol. The van der Waals surface area contributed by atoms with Crippen molar-refractivity contribution >= 4 is 5.97 Å². The third-order valence-corrected chi connectivity index (χ3v) is 4.85. The molecule has 0 aliphatic rings. The molecule has 0 N–H and O–H groups in total. The van der Waals surface area contributed by atoms with Crippen LogP contribution >= 0.6 is 0 Å². The lowest BCUT2D eigenvalue weighted by Crippen LogP contribution is -2.03. The van der Waals surface area contributed by atoms with Crippen LogP contribution in [0.4, 0.5) is 0 Å². The molecular weight excluding hydrogens is 324 g/mol. The van der Waals surface area contributed by atoms with E-state index in [1.54, 1.807) is 0 Å². The van der Waals surface area contributed by atoms with Crippen molar-refractivity contribution in [3.8, 4) is 0 Å². The van der Waals surface area contributed by atoms with E-state index in [0.717, 1.165) is 31.4 Å². The highest BCUT2D eigenvalue weighted by molar-refractivity contribution is 5.69. The molecule has 0 aliphatic carbocycles. The highest BCUT2D eigenvalue weighted by Crippen LogP contribution is 2.16. The Labute approximate surface area is 160 Å². The van der Waals surface area contributed by atoms with Gasteiger partial charge in [0.05, 0.1) is 6.61 Å². The molecule has 3 nitrogen and oxygen atoms in total. The number of esters is 1. The molecule has 1 rings (SSSR count). The molecule has 0 spiro atoms. The molecule has 1 aromatic heterocycles. The van der Waals surface area contributed by atoms with Crippen molar-refractivity contribution in [3.63, 3.8) is 0 Å². The molecule has 26 heavy (non-hydrogen) atoms. The van der Waals surface area contributed by atoms with Crippen molar-refractivity contribution in [3.05, 3.63) is 23.7 Å². The Kier molecular flexibility index (Phi) is 14.0. The Hall–Kier alpha value is -1.25. The first-order chi connectivity index (χ1) is 12.8. The quantitative estimate of drug-likeness (QED) is 0.220. The summed E-state index contributed by atoms with van der Waals surface area (Å²) in [5, 5.41) is 0. The van der Waals surface area contributed by atoms with Crippen LogP contribution in [0.1, 0.15) is 109 Å². The van der Waals surface area contributed by atoms with Gasteiger partial charge in [-0.25, -0.2) is 0 Å². The lowest BCUT2D eigenvalue weighted by Gasteiger charge is -2.03. The average molecular weight is 365 g/mol. The molecule has 1 aromatic rings. The van der Waals surface area contributed by atoms with Crippen molar-refractivity contribution in [2.45, 2.75) is 110 Å². The molecule has 1 heterocycles. The van der Waals surface area contributed by atoms with E-state index in [0.29, 0.717) is 13.0 Å². The van der Waals surface area contributed by atoms with E-state index in [1.807, 2.05) is 6.92 Å². The van der Waals surface area contributed by atoms with Gasteiger partial charge in [-0.15, -0.1) is 0 Å². The Bertz CT molecular complexity index is 450. The van der Waals surface area contributed by atoms with Gasteiger partial charge in [0.1, 0.15) is 11.5 Å². The van der Waals surface area contributed by atoms with Gasteiger partial charge in [0.15, 0.2) is 0 Å². The number of ether oxygens (including phenoxy) is 1. The van der Waals surface area contributed by atoms with Crippen molar-refractivity contribution in [1.82, 2.24) is 0 Å². The lowest BCUT2D eigenvalue weighted by atomic mass is 10.1. The van der Waals surface area contributed by atoms with Crippen LogP contribution in [-0.2, 0) is 22.4 Å². The lowest BCUT2D eigenvalue weighted by molar-refractivity contribution is -0.143. The minimum atomic E-state index is -0.0467. The van der Waals surface area contributed by atoms with E-state index in [-0.39, 0.29) is 5.97 Å². The fourth-order valence-electron chi connectivity index (χ4n) is 3.28. The summed E-state index contributed by atoms with van der Waals surface area (Å²) in [5.41, 5.74) is 0. The summed E-state index contributed by atoms with van der Waals surface area (Å²) in [4.78, 5) is 11.2. The minimum absolute atomic E-state index is 0.0467. The summed E-state index contributed by atoms with van der Waals surface area (Å²) in [6.07, 6.45) is 17.7. The number of aryl methyl sites for hydroxylation is 2. The number of carbonyl (C=O) groups is 1. The van der Waals surface area contributed by atoms with Crippen molar-refractivity contribution < 1.29 is 13.9 Å². The van der Waals surface area contributed by atoms with Crippen molar-refractivity contribution in [2.24, 2.45) is 0 Å². The molecular formula is C23H40O3. The fraction of sp³-hybridized carbons (Fsp3) is 0.783. The van der Waals surface area contributed by atoms with E-state index >= 15 is 0 Å². The molecule has 0 aliphatic heterocycles. The first-order valence-electron chi connectivity index (χ1n) is 11.0. The summed E-state index contributed by atoms with van der Waals surface area (Å²) in [5.74, 6) is 2.28. The summed E-state index contributed by atoms with van der Waals surface area (Å²) < 4.78 is 10.9. The van der Waals surface area contributed by atoms with Gasteiger partial charge in [-0.2, -0.15) is 0 Å². The van der Waals surface area contributed by atoms with E-state index in [9.17, 15) is 4.79 Å². The molecule has 0 bridgehead atoms. The summed E-state index contributed by atoms with van der Waals surface area (Å²) in [6, 6.07) is 4.33. The van der Waals surface area contributed by atoms with Gasteiger partial charge < -0.3 is 9.15 Å². The van der Waals surface area contributed by atoms with Crippen LogP contribution in [0.3, 0.4) is 0 Å². The number of rotatable bonds is 17. The smallest absolute Gasteiger partial charge is 0.305 e. The van der Waals surface area contributed by atoms with Crippen molar-refractivity contribution in [2.75, 3.05) is 6.61 Å². The summed E-state index contributed by atoms with van der Waals surface area (Å²) >= 11 is 0. The second-order valence-corrected chi connectivity index (χ2v) is 7.31. The zero-order valence-corrected chi connectivity index (χ0v) is 17.2. The van der Waals surface area contributed by atoms with E-state index in [1.165, 1.54) is 70.0 Å². The standard InChI is InChI=1S/C23H40O3/c1-3-5-6-13-16-21-19-20-22(26-21)17-14-11-9-7-8-10-12-15-18-23(24)25-4-2/h19-20H,3-18H2,1-2H3. The molecule has 0 saturated heterocycles. The maximum Gasteiger partial charge on any atom is 0.305 e. The summed E-state index contributed by atoms with van der Waals surface area (Å²) in [6.45, 7) is 4.60. The molecule has 0 unspecified atom stereocenters. The first-order valence-corrected chi connectivity index (χ1v) is 11.0. The first kappa shape index (κ1) is 22.8. The van der Waals surface area contributed by atoms with Crippen LogP contribution in [-0.4, -0.2) is 12.6 Å². The van der Waals surface area contributed by atoms with Crippen LogP contribution in [0.5, 0.6) is 0 Å². The second kappa shape index (κ2) is 16.0. The maximum absolute atomic E-state index is 11.2. The third-order valence-electron chi connectivity index (χ3n) is 4.85. The Morgan fingerprint density at radius 2 is 1.27 bits per heavy atom. The van der Waals surface area contributed by atoms with Gasteiger partial charge in [-0.3, -0.25) is 4.79 Å². The topological polar surface area (TPSA) is 39.4 Å². The number of hydrogen-bond donors (Lipinski definition) is 0. The number of unbranched alkanes of at least 4 members (excludes halogenated alkanes) is 10. The predicted molar refractivity (Wildman–Crippen MR) is 108 cm³/mol. The molecule has 0 atom stereocenters.